The number of benzene rings is 1. The quantitative estimate of drug-likeness (QED) is 0.625. The Balaban J connectivity index is 2.05. The maximum absolute atomic E-state index is 12.1. The van der Waals surface area contributed by atoms with Gasteiger partial charge in [-0.05, 0) is 37.5 Å². The number of nitrogens with zero attached hydrogens (tertiary/aromatic N) is 1. The fraction of sp³-hybridized carbons (Fsp3) is 0.467. The molecule has 1 fully saturated rings. The minimum absolute atomic E-state index is 0.0358. The maximum atomic E-state index is 12.1. The van der Waals surface area contributed by atoms with Crippen LogP contribution in [0.15, 0.2) is 24.3 Å². The molecule has 0 aromatic heterocycles. The van der Waals surface area contributed by atoms with Crippen LogP contribution in [-0.2, 0) is 16.1 Å². The van der Waals surface area contributed by atoms with Gasteiger partial charge in [-0.25, -0.2) is 0 Å². The Morgan fingerprint density at radius 1 is 1.43 bits per heavy atom. The molecule has 0 radical (unpaired) electrons. The van der Waals surface area contributed by atoms with Gasteiger partial charge in [0.05, 0.1) is 12.6 Å². The minimum atomic E-state index is -0.454. The molecule has 1 aliphatic carbocycles. The number of nitrogen functional groups attached to an aromatic ring is 1. The number of anilines is 1. The predicted octanol–water partition coefficient (Wildman–Crippen LogP) is 0.223. The molecular weight excluding hydrogens is 268 g/mol. The Kier molecular flexibility index (Phi) is 4.80. The molecule has 2 amide bonds. The first-order valence-electron chi connectivity index (χ1n) is 7.13. The van der Waals surface area contributed by atoms with Crippen molar-refractivity contribution in [1.82, 2.24) is 10.2 Å². The molecule has 2 rings (SSSR count). The van der Waals surface area contributed by atoms with Crippen molar-refractivity contribution in [3.63, 3.8) is 0 Å². The summed E-state index contributed by atoms with van der Waals surface area (Å²) in [6, 6.07) is 7.27. The largest absolute Gasteiger partial charge is 0.399 e. The van der Waals surface area contributed by atoms with Crippen LogP contribution >= 0.6 is 0 Å². The second kappa shape index (κ2) is 6.58. The van der Waals surface area contributed by atoms with Gasteiger partial charge in [0, 0.05) is 18.3 Å². The monoisotopic (exact) mass is 290 g/mol. The van der Waals surface area contributed by atoms with Crippen molar-refractivity contribution in [1.29, 1.82) is 0 Å². The summed E-state index contributed by atoms with van der Waals surface area (Å²) < 4.78 is 0. The van der Waals surface area contributed by atoms with Crippen LogP contribution in [0.4, 0.5) is 5.69 Å². The van der Waals surface area contributed by atoms with Crippen LogP contribution in [0.2, 0.25) is 0 Å². The van der Waals surface area contributed by atoms with Gasteiger partial charge < -0.3 is 16.8 Å². The summed E-state index contributed by atoms with van der Waals surface area (Å²) in [5.74, 6) is -0.521. The lowest BCUT2D eigenvalue weighted by atomic mass is 10.1. The number of carbonyl (C=O) groups excluding carboxylic acids is 2. The van der Waals surface area contributed by atoms with E-state index in [9.17, 15) is 9.59 Å². The highest BCUT2D eigenvalue weighted by molar-refractivity contribution is 5.83. The first-order chi connectivity index (χ1) is 9.95. The van der Waals surface area contributed by atoms with E-state index in [-0.39, 0.29) is 12.5 Å². The molecule has 1 aromatic carbocycles. The zero-order chi connectivity index (χ0) is 15.4. The molecule has 1 aromatic rings. The highest BCUT2D eigenvalue weighted by Crippen LogP contribution is 2.19. The summed E-state index contributed by atoms with van der Waals surface area (Å²) in [6.45, 7) is 2.27. The average Bonchev–Trinajstić information content (AvgIpc) is 3.20. The molecule has 0 heterocycles. The lowest BCUT2D eigenvalue weighted by Crippen LogP contribution is -2.48. The van der Waals surface area contributed by atoms with Crippen molar-refractivity contribution < 1.29 is 9.59 Å². The molecule has 0 bridgehead atoms. The topological polar surface area (TPSA) is 101 Å². The normalized spacial score (nSPS) is 15.7. The summed E-state index contributed by atoms with van der Waals surface area (Å²) in [5, 5.41) is 2.95. The number of hydrogen-bond donors (Lipinski definition) is 3. The zero-order valence-electron chi connectivity index (χ0n) is 12.2. The van der Waals surface area contributed by atoms with Crippen molar-refractivity contribution in [3.8, 4) is 0 Å². The summed E-state index contributed by atoms with van der Waals surface area (Å²) >= 11 is 0. The molecule has 1 saturated carbocycles. The van der Waals surface area contributed by atoms with Gasteiger partial charge in [0.1, 0.15) is 0 Å². The Bertz CT molecular complexity index is 528. The Hall–Kier alpha value is -2.08. The van der Waals surface area contributed by atoms with E-state index in [0.29, 0.717) is 18.3 Å². The van der Waals surface area contributed by atoms with Gasteiger partial charge >= 0.3 is 0 Å². The number of rotatable bonds is 7. The molecule has 21 heavy (non-hydrogen) atoms. The van der Waals surface area contributed by atoms with Crippen LogP contribution in [-0.4, -0.2) is 35.3 Å². The van der Waals surface area contributed by atoms with Crippen LogP contribution in [0, 0.1) is 0 Å². The molecular formula is C15H22N4O2. The van der Waals surface area contributed by atoms with Gasteiger partial charge in [0.15, 0.2) is 0 Å². The molecule has 5 N–H and O–H groups in total. The number of primary amides is 1. The summed E-state index contributed by atoms with van der Waals surface area (Å²) in [7, 11) is 0. The standard InChI is InChI=1S/C15H22N4O2/c1-10(15(21)18-13-5-6-13)19(9-14(17)20)8-11-3-2-4-12(16)7-11/h2-4,7,10,13H,5-6,8-9,16H2,1H3,(H2,17,20)(H,18,21). The molecule has 0 aliphatic heterocycles. The minimum Gasteiger partial charge on any atom is -0.399 e. The van der Waals surface area contributed by atoms with Gasteiger partial charge in [-0.1, -0.05) is 12.1 Å². The fourth-order valence-corrected chi connectivity index (χ4v) is 2.17. The second-order valence-electron chi connectivity index (χ2n) is 5.58. The molecule has 0 saturated heterocycles. The second-order valence-corrected chi connectivity index (χ2v) is 5.58. The van der Waals surface area contributed by atoms with Gasteiger partial charge in [-0.3, -0.25) is 14.5 Å². The summed E-state index contributed by atoms with van der Waals surface area (Å²) in [5.41, 5.74) is 12.6. The molecule has 1 aliphatic rings. The summed E-state index contributed by atoms with van der Waals surface area (Å²) in [6.07, 6.45) is 2.06. The highest BCUT2D eigenvalue weighted by atomic mass is 16.2. The van der Waals surface area contributed by atoms with Crippen LogP contribution in [0.3, 0.4) is 0 Å². The lowest BCUT2D eigenvalue weighted by Gasteiger charge is -2.27. The van der Waals surface area contributed by atoms with E-state index < -0.39 is 11.9 Å². The van der Waals surface area contributed by atoms with E-state index in [2.05, 4.69) is 5.32 Å². The fourth-order valence-electron chi connectivity index (χ4n) is 2.17. The number of amides is 2. The first-order valence-corrected chi connectivity index (χ1v) is 7.13. The molecule has 1 atom stereocenters. The Morgan fingerprint density at radius 3 is 2.71 bits per heavy atom. The number of nitrogens with two attached hydrogens (primary N) is 2. The highest BCUT2D eigenvalue weighted by Gasteiger charge is 2.28. The smallest absolute Gasteiger partial charge is 0.237 e. The van der Waals surface area contributed by atoms with Gasteiger partial charge in [-0.2, -0.15) is 0 Å². The Labute approximate surface area is 124 Å². The summed E-state index contributed by atoms with van der Waals surface area (Å²) in [4.78, 5) is 25.2. The molecule has 0 spiro atoms. The Morgan fingerprint density at radius 2 is 2.14 bits per heavy atom. The van der Waals surface area contributed by atoms with Crippen LogP contribution < -0.4 is 16.8 Å². The van der Waals surface area contributed by atoms with E-state index in [1.807, 2.05) is 18.2 Å². The predicted molar refractivity (Wildman–Crippen MR) is 81.1 cm³/mol. The van der Waals surface area contributed by atoms with Gasteiger partial charge in [0.25, 0.3) is 0 Å². The third-order valence-corrected chi connectivity index (χ3v) is 3.55. The van der Waals surface area contributed by atoms with E-state index in [0.717, 1.165) is 18.4 Å². The van der Waals surface area contributed by atoms with Crippen LogP contribution in [0.5, 0.6) is 0 Å². The third-order valence-electron chi connectivity index (χ3n) is 3.55. The number of hydrogen-bond acceptors (Lipinski definition) is 4. The third kappa shape index (κ3) is 4.75. The lowest BCUT2D eigenvalue weighted by molar-refractivity contribution is -0.128. The van der Waals surface area contributed by atoms with Crippen molar-refractivity contribution in [2.45, 2.75) is 38.4 Å². The van der Waals surface area contributed by atoms with Gasteiger partial charge in [-0.15, -0.1) is 0 Å². The molecule has 1 unspecified atom stereocenters. The number of carbonyl (C=O) groups is 2. The molecule has 6 heteroatoms. The van der Waals surface area contributed by atoms with Crippen molar-refractivity contribution >= 4 is 17.5 Å². The SMILES string of the molecule is CC(C(=O)NC1CC1)N(CC(N)=O)Cc1cccc(N)c1. The molecule has 114 valence electrons. The van der Waals surface area contributed by atoms with Crippen molar-refractivity contribution in [2.24, 2.45) is 5.73 Å². The van der Waals surface area contributed by atoms with Crippen LogP contribution in [0.1, 0.15) is 25.3 Å². The van der Waals surface area contributed by atoms with Gasteiger partial charge in [0.2, 0.25) is 11.8 Å². The van der Waals surface area contributed by atoms with E-state index in [4.69, 9.17) is 11.5 Å². The van der Waals surface area contributed by atoms with Crippen molar-refractivity contribution in [3.05, 3.63) is 29.8 Å². The number of nitrogens with one attached hydrogen (secondary N) is 1. The molecule has 6 nitrogen and oxygen atoms in total. The van der Waals surface area contributed by atoms with E-state index in [1.54, 1.807) is 17.9 Å². The average molecular weight is 290 g/mol. The van der Waals surface area contributed by atoms with E-state index in [1.165, 1.54) is 0 Å². The van der Waals surface area contributed by atoms with Crippen LogP contribution in [0.25, 0.3) is 0 Å². The van der Waals surface area contributed by atoms with Crippen molar-refractivity contribution in [2.75, 3.05) is 12.3 Å². The zero-order valence-corrected chi connectivity index (χ0v) is 12.2. The first kappa shape index (κ1) is 15.3. The maximum Gasteiger partial charge on any atom is 0.237 e. The van der Waals surface area contributed by atoms with E-state index >= 15 is 0 Å².